The Labute approximate surface area is 81.1 Å². The van der Waals surface area contributed by atoms with Gasteiger partial charge in [-0.15, -0.1) is 0 Å². The number of rotatable bonds is 3. The van der Waals surface area contributed by atoms with Crippen molar-refractivity contribution in [2.75, 3.05) is 6.54 Å². The molecule has 0 aliphatic heterocycles. The van der Waals surface area contributed by atoms with Gasteiger partial charge in [0, 0.05) is 17.1 Å². The van der Waals surface area contributed by atoms with Gasteiger partial charge in [0.15, 0.2) is 0 Å². The quantitative estimate of drug-likeness (QED) is 0.820. The first-order chi connectivity index (χ1) is 5.74. The van der Waals surface area contributed by atoms with Gasteiger partial charge in [-0.05, 0) is 18.1 Å². The molecule has 2 nitrogen and oxygen atoms in total. The molecule has 1 atom stereocenters. The summed E-state index contributed by atoms with van der Waals surface area (Å²) < 4.78 is 1.11. The maximum Gasteiger partial charge on any atom is 0.0207 e. The number of hydrogen-bond donors (Lipinski definition) is 2. The first-order valence-electron chi connectivity index (χ1n) is 3.93. The Morgan fingerprint density at radius 3 is 2.58 bits per heavy atom. The fraction of sp³-hybridized carbons (Fsp3) is 0.333. The highest BCUT2D eigenvalue weighted by atomic mass is 79.9. The summed E-state index contributed by atoms with van der Waals surface area (Å²) in [4.78, 5) is 0. The van der Waals surface area contributed by atoms with Crippen LogP contribution in [0.25, 0.3) is 0 Å². The lowest BCUT2D eigenvalue weighted by Crippen LogP contribution is -2.31. The smallest absolute Gasteiger partial charge is 0.0207 e. The minimum absolute atomic E-state index is 0.0590. The van der Waals surface area contributed by atoms with E-state index in [-0.39, 0.29) is 6.04 Å². The molecule has 4 N–H and O–H groups in total. The van der Waals surface area contributed by atoms with Crippen LogP contribution in [0.15, 0.2) is 28.7 Å². The topological polar surface area (TPSA) is 52.0 Å². The van der Waals surface area contributed by atoms with Gasteiger partial charge in [-0.2, -0.15) is 0 Å². The van der Waals surface area contributed by atoms with Crippen LogP contribution in [0.1, 0.15) is 5.56 Å². The summed E-state index contributed by atoms with van der Waals surface area (Å²) in [5, 5.41) is 0. The molecule has 0 aliphatic rings. The molecule has 0 saturated heterocycles. The summed E-state index contributed by atoms with van der Waals surface area (Å²) >= 11 is 3.46. The van der Waals surface area contributed by atoms with Gasteiger partial charge in [0.2, 0.25) is 0 Å². The molecule has 3 heteroatoms. The van der Waals surface area contributed by atoms with E-state index in [2.05, 4.69) is 22.0 Å². The van der Waals surface area contributed by atoms with Crippen LogP contribution in [0.2, 0.25) is 0 Å². The third kappa shape index (κ3) is 2.59. The number of halogens is 1. The van der Waals surface area contributed by atoms with Crippen molar-refractivity contribution in [1.29, 1.82) is 0 Å². The molecular formula is C9H13BrN2. The van der Waals surface area contributed by atoms with E-state index in [1.165, 1.54) is 5.56 Å². The van der Waals surface area contributed by atoms with Crippen molar-refractivity contribution in [2.45, 2.75) is 12.5 Å². The van der Waals surface area contributed by atoms with Crippen molar-refractivity contribution in [1.82, 2.24) is 0 Å². The molecule has 12 heavy (non-hydrogen) atoms. The Morgan fingerprint density at radius 1 is 1.33 bits per heavy atom. The third-order valence-corrected chi connectivity index (χ3v) is 2.52. The zero-order valence-corrected chi connectivity index (χ0v) is 8.42. The third-order valence-electron chi connectivity index (χ3n) is 1.74. The molecule has 0 heterocycles. The second-order valence-corrected chi connectivity index (χ2v) is 3.65. The predicted molar refractivity (Wildman–Crippen MR) is 54.9 cm³/mol. The molecule has 1 aromatic rings. The first-order valence-corrected chi connectivity index (χ1v) is 4.72. The van der Waals surface area contributed by atoms with Gasteiger partial charge in [0.25, 0.3) is 0 Å². The Balaban J connectivity index is 2.69. The van der Waals surface area contributed by atoms with Gasteiger partial charge < -0.3 is 11.5 Å². The normalized spacial score (nSPS) is 12.9. The molecule has 0 bridgehead atoms. The van der Waals surface area contributed by atoms with Gasteiger partial charge in [-0.25, -0.2) is 0 Å². The molecule has 0 fully saturated rings. The SMILES string of the molecule is NC[C@@H](N)Cc1ccccc1Br. The number of hydrogen-bond acceptors (Lipinski definition) is 2. The largest absolute Gasteiger partial charge is 0.329 e. The minimum Gasteiger partial charge on any atom is -0.329 e. The van der Waals surface area contributed by atoms with E-state index in [1.807, 2.05) is 18.2 Å². The van der Waals surface area contributed by atoms with Gasteiger partial charge in [-0.3, -0.25) is 0 Å². The van der Waals surface area contributed by atoms with Crippen LogP contribution < -0.4 is 11.5 Å². The monoisotopic (exact) mass is 228 g/mol. The first kappa shape index (κ1) is 9.71. The van der Waals surface area contributed by atoms with Crippen molar-refractivity contribution in [3.63, 3.8) is 0 Å². The second-order valence-electron chi connectivity index (χ2n) is 2.79. The molecule has 0 aromatic heterocycles. The molecule has 0 saturated carbocycles. The Hall–Kier alpha value is -0.380. The average molecular weight is 229 g/mol. The number of benzene rings is 1. The molecule has 0 spiro atoms. The van der Waals surface area contributed by atoms with Crippen molar-refractivity contribution in [3.8, 4) is 0 Å². The lowest BCUT2D eigenvalue weighted by Gasteiger charge is -2.09. The van der Waals surface area contributed by atoms with Crippen LogP contribution in [0.5, 0.6) is 0 Å². The Bertz CT molecular complexity index is 250. The summed E-state index contributed by atoms with van der Waals surface area (Å²) in [6.07, 6.45) is 0.831. The summed E-state index contributed by atoms with van der Waals surface area (Å²) in [5.74, 6) is 0. The van der Waals surface area contributed by atoms with Crippen LogP contribution in [-0.4, -0.2) is 12.6 Å². The molecule has 66 valence electrons. The molecule has 1 rings (SSSR count). The Kier molecular flexibility index (Phi) is 3.72. The van der Waals surface area contributed by atoms with Crippen LogP contribution in [0.3, 0.4) is 0 Å². The van der Waals surface area contributed by atoms with Crippen LogP contribution in [0.4, 0.5) is 0 Å². The van der Waals surface area contributed by atoms with Gasteiger partial charge in [0.1, 0.15) is 0 Å². The predicted octanol–water partition coefficient (Wildman–Crippen LogP) is 1.28. The van der Waals surface area contributed by atoms with E-state index >= 15 is 0 Å². The van der Waals surface area contributed by atoms with Crippen LogP contribution >= 0.6 is 15.9 Å². The minimum atomic E-state index is 0.0590. The zero-order valence-electron chi connectivity index (χ0n) is 6.83. The highest BCUT2D eigenvalue weighted by Gasteiger charge is 2.03. The molecular weight excluding hydrogens is 216 g/mol. The van der Waals surface area contributed by atoms with Crippen LogP contribution in [0, 0.1) is 0 Å². The summed E-state index contributed by atoms with van der Waals surface area (Å²) in [5.41, 5.74) is 12.4. The Morgan fingerprint density at radius 2 is 2.00 bits per heavy atom. The van der Waals surface area contributed by atoms with E-state index in [4.69, 9.17) is 11.5 Å². The molecule has 1 aromatic carbocycles. The van der Waals surface area contributed by atoms with Gasteiger partial charge in [0.05, 0.1) is 0 Å². The molecule has 0 amide bonds. The van der Waals surface area contributed by atoms with E-state index in [1.54, 1.807) is 0 Å². The standard InChI is InChI=1S/C9H13BrN2/c10-9-4-2-1-3-7(9)5-8(12)6-11/h1-4,8H,5-6,11-12H2/t8-/m0/s1. The molecule has 0 unspecified atom stereocenters. The fourth-order valence-electron chi connectivity index (χ4n) is 1.03. The van der Waals surface area contributed by atoms with E-state index in [9.17, 15) is 0 Å². The maximum atomic E-state index is 5.73. The summed E-state index contributed by atoms with van der Waals surface area (Å²) in [7, 11) is 0. The van der Waals surface area contributed by atoms with Crippen molar-refractivity contribution in [3.05, 3.63) is 34.3 Å². The van der Waals surface area contributed by atoms with E-state index < -0.39 is 0 Å². The highest BCUT2D eigenvalue weighted by molar-refractivity contribution is 9.10. The lowest BCUT2D eigenvalue weighted by atomic mass is 10.1. The van der Waals surface area contributed by atoms with Gasteiger partial charge in [-0.1, -0.05) is 34.1 Å². The van der Waals surface area contributed by atoms with Crippen LogP contribution in [-0.2, 0) is 6.42 Å². The van der Waals surface area contributed by atoms with Crippen molar-refractivity contribution < 1.29 is 0 Å². The molecule has 0 radical (unpaired) electrons. The van der Waals surface area contributed by atoms with Crippen molar-refractivity contribution in [2.24, 2.45) is 11.5 Å². The number of nitrogens with two attached hydrogens (primary N) is 2. The van der Waals surface area contributed by atoms with Crippen molar-refractivity contribution >= 4 is 15.9 Å². The second kappa shape index (κ2) is 4.60. The average Bonchev–Trinajstić information content (AvgIpc) is 2.09. The fourth-order valence-corrected chi connectivity index (χ4v) is 1.48. The lowest BCUT2D eigenvalue weighted by molar-refractivity contribution is 0.677. The highest BCUT2D eigenvalue weighted by Crippen LogP contribution is 2.16. The zero-order chi connectivity index (χ0) is 8.97. The summed E-state index contributed by atoms with van der Waals surface area (Å²) in [6.45, 7) is 0.529. The molecule has 0 aliphatic carbocycles. The maximum absolute atomic E-state index is 5.73. The van der Waals surface area contributed by atoms with E-state index in [0.29, 0.717) is 6.54 Å². The summed E-state index contributed by atoms with van der Waals surface area (Å²) in [6, 6.07) is 8.12. The van der Waals surface area contributed by atoms with Gasteiger partial charge >= 0.3 is 0 Å². The van der Waals surface area contributed by atoms with E-state index in [0.717, 1.165) is 10.9 Å².